The number of hydrogen-bond donors (Lipinski definition) is 2. The van der Waals surface area contributed by atoms with Gasteiger partial charge in [0.1, 0.15) is 0 Å². The number of aliphatic hydroxyl groups is 1. The van der Waals surface area contributed by atoms with Crippen LogP contribution in [0.1, 0.15) is 37.9 Å². The molecule has 3 N–H and O–H groups in total. The van der Waals surface area contributed by atoms with Crippen LogP contribution < -0.4 is 5.73 Å². The summed E-state index contributed by atoms with van der Waals surface area (Å²) in [5.74, 6) is 0.199. The van der Waals surface area contributed by atoms with Crippen LogP contribution in [0.15, 0.2) is 24.3 Å². The van der Waals surface area contributed by atoms with Crippen molar-refractivity contribution in [3.8, 4) is 0 Å². The quantitative estimate of drug-likeness (QED) is 0.880. The predicted octanol–water partition coefficient (Wildman–Crippen LogP) is 2.77. The van der Waals surface area contributed by atoms with Crippen molar-refractivity contribution in [3.63, 3.8) is 0 Å². The van der Waals surface area contributed by atoms with E-state index in [9.17, 15) is 9.90 Å². The van der Waals surface area contributed by atoms with E-state index in [1.54, 1.807) is 12.1 Å². The van der Waals surface area contributed by atoms with E-state index in [4.69, 9.17) is 17.3 Å². The minimum absolute atomic E-state index is 0. The van der Waals surface area contributed by atoms with Crippen LogP contribution in [0.3, 0.4) is 0 Å². The van der Waals surface area contributed by atoms with E-state index in [1.165, 1.54) is 0 Å². The SMILES string of the molecule is CCC(N)C(=O)N1CCC(C(O)c2ccc(Cl)cc2)CC1.Cl. The fraction of sp³-hybridized carbons (Fsp3) is 0.562. The lowest BCUT2D eigenvalue weighted by Crippen LogP contribution is -2.47. The van der Waals surface area contributed by atoms with Crippen LogP contribution >= 0.6 is 24.0 Å². The van der Waals surface area contributed by atoms with Crippen LogP contribution in [0.5, 0.6) is 0 Å². The van der Waals surface area contributed by atoms with Gasteiger partial charge in [0.15, 0.2) is 0 Å². The zero-order valence-corrected chi connectivity index (χ0v) is 14.3. The third-order valence-electron chi connectivity index (χ3n) is 4.27. The summed E-state index contributed by atoms with van der Waals surface area (Å²) in [6.07, 6.45) is 1.75. The molecular weight excluding hydrogens is 323 g/mol. The van der Waals surface area contributed by atoms with Crippen LogP contribution in [0.2, 0.25) is 5.02 Å². The maximum atomic E-state index is 12.0. The highest BCUT2D eigenvalue weighted by molar-refractivity contribution is 6.30. The number of nitrogens with zero attached hydrogens (tertiary/aromatic N) is 1. The Kier molecular flexibility index (Phi) is 7.63. The average Bonchev–Trinajstić information content (AvgIpc) is 2.53. The Morgan fingerprint density at radius 1 is 1.36 bits per heavy atom. The highest BCUT2D eigenvalue weighted by atomic mass is 35.5. The topological polar surface area (TPSA) is 66.6 Å². The second kappa shape index (κ2) is 8.73. The number of rotatable bonds is 4. The van der Waals surface area contributed by atoms with Gasteiger partial charge in [-0.3, -0.25) is 4.79 Å². The van der Waals surface area contributed by atoms with Crippen LogP contribution in [0.25, 0.3) is 0 Å². The number of likely N-dealkylation sites (tertiary alicyclic amines) is 1. The summed E-state index contributed by atoms with van der Waals surface area (Å²) in [6, 6.07) is 6.90. The lowest BCUT2D eigenvalue weighted by Gasteiger charge is -2.35. The van der Waals surface area contributed by atoms with Gasteiger partial charge in [0.25, 0.3) is 0 Å². The van der Waals surface area contributed by atoms with Gasteiger partial charge in [-0.15, -0.1) is 12.4 Å². The Bertz CT molecular complexity index is 474. The maximum absolute atomic E-state index is 12.0. The molecule has 2 unspecified atom stereocenters. The van der Waals surface area contributed by atoms with E-state index in [0.29, 0.717) is 24.5 Å². The number of amides is 1. The van der Waals surface area contributed by atoms with Gasteiger partial charge in [0.05, 0.1) is 12.1 Å². The molecule has 4 nitrogen and oxygen atoms in total. The van der Waals surface area contributed by atoms with Gasteiger partial charge in [-0.05, 0) is 42.9 Å². The first-order valence-electron chi connectivity index (χ1n) is 7.50. The van der Waals surface area contributed by atoms with Crippen molar-refractivity contribution in [2.45, 2.75) is 38.3 Å². The summed E-state index contributed by atoms with van der Waals surface area (Å²) >= 11 is 5.86. The molecule has 1 saturated heterocycles. The standard InChI is InChI=1S/C16H23ClN2O2.ClH/c1-2-14(18)16(21)19-9-7-12(8-10-19)15(20)11-3-5-13(17)6-4-11;/h3-6,12,14-15,20H,2,7-10,18H2,1H3;1H. The lowest BCUT2D eigenvalue weighted by molar-refractivity contribution is -0.134. The van der Waals surface area contributed by atoms with Crippen molar-refractivity contribution in [1.82, 2.24) is 4.90 Å². The molecule has 1 aromatic carbocycles. The largest absolute Gasteiger partial charge is 0.388 e. The van der Waals surface area contributed by atoms with Gasteiger partial charge in [0, 0.05) is 18.1 Å². The van der Waals surface area contributed by atoms with Crippen molar-refractivity contribution in [3.05, 3.63) is 34.9 Å². The molecule has 1 fully saturated rings. The van der Waals surface area contributed by atoms with Crippen LogP contribution in [0.4, 0.5) is 0 Å². The minimum atomic E-state index is -0.501. The molecule has 124 valence electrons. The van der Waals surface area contributed by atoms with Gasteiger partial charge in [-0.2, -0.15) is 0 Å². The van der Waals surface area contributed by atoms with E-state index >= 15 is 0 Å². The zero-order valence-electron chi connectivity index (χ0n) is 12.7. The first kappa shape index (κ1) is 19.2. The van der Waals surface area contributed by atoms with Gasteiger partial charge in [-0.25, -0.2) is 0 Å². The maximum Gasteiger partial charge on any atom is 0.239 e. The third kappa shape index (κ3) is 4.59. The number of carbonyl (C=O) groups excluding carboxylic acids is 1. The Labute approximate surface area is 143 Å². The molecule has 6 heteroatoms. The van der Waals surface area contributed by atoms with Crippen molar-refractivity contribution in [2.75, 3.05) is 13.1 Å². The molecule has 0 saturated carbocycles. The van der Waals surface area contributed by atoms with Gasteiger partial charge in [-0.1, -0.05) is 30.7 Å². The van der Waals surface area contributed by atoms with Crippen molar-refractivity contribution in [1.29, 1.82) is 0 Å². The molecule has 0 spiro atoms. The minimum Gasteiger partial charge on any atom is -0.388 e. The summed E-state index contributed by atoms with van der Waals surface area (Å²) in [4.78, 5) is 13.9. The number of aliphatic hydroxyl groups excluding tert-OH is 1. The van der Waals surface area contributed by atoms with Gasteiger partial charge >= 0.3 is 0 Å². The first-order chi connectivity index (χ1) is 10.0. The molecule has 1 aromatic rings. The van der Waals surface area contributed by atoms with Crippen molar-refractivity contribution in [2.24, 2.45) is 11.7 Å². The summed E-state index contributed by atoms with van der Waals surface area (Å²) < 4.78 is 0. The number of benzene rings is 1. The Balaban J connectivity index is 0.00000242. The van der Waals surface area contributed by atoms with E-state index in [-0.39, 0.29) is 24.2 Å². The molecular formula is C16H24Cl2N2O2. The molecule has 0 aliphatic carbocycles. The van der Waals surface area contributed by atoms with Crippen molar-refractivity contribution >= 4 is 29.9 Å². The van der Waals surface area contributed by atoms with Crippen LogP contribution in [0, 0.1) is 5.92 Å². The zero-order chi connectivity index (χ0) is 15.4. The van der Waals surface area contributed by atoms with Crippen molar-refractivity contribution < 1.29 is 9.90 Å². The number of hydrogen-bond acceptors (Lipinski definition) is 3. The molecule has 0 aromatic heterocycles. The van der Waals surface area contributed by atoms with E-state index < -0.39 is 12.1 Å². The Morgan fingerprint density at radius 2 is 1.91 bits per heavy atom. The Hall–Kier alpha value is -0.810. The average molecular weight is 347 g/mol. The number of halogens is 2. The molecule has 1 aliphatic heterocycles. The molecule has 2 rings (SSSR count). The molecule has 2 atom stereocenters. The summed E-state index contributed by atoms with van der Waals surface area (Å²) in [5.41, 5.74) is 6.68. The van der Waals surface area contributed by atoms with Crippen LogP contribution in [-0.2, 0) is 4.79 Å². The summed E-state index contributed by atoms with van der Waals surface area (Å²) in [7, 11) is 0. The summed E-state index contributed by atoms with van der Waals surface area (Å²) in [6.45, 7) is 3.25. The number of piperidine rings is 1. The summed E-state index contributed by atoms with van der Waals surface area (Å²) in [5, 5.41) is 11.1. The highest BCUT2D eigenvalue weighted by Crippen LogP contribution is 2.31. The van der Waals surface area contributed by atoms with Gasteiger partial charge < -0.3 is 15.7 Å². The fourth-order valence-electron chi connectivity index (χ4n) is 2.78. The number of nitrogens with two attached hydrogens (primary N) is 1. The second-order valence-electron chi connectivity index (χ2n) is 5.67. The van der Waals surface area contributed by atoms with E-state index in [1.807, 2.05) is 24.0 Å². The monoisotopic (exact) mass is 346 g/mol. The second-order valence-corrected chi connectivity index (χ2v) is 6.11. The molecule has 1 aliphatic rings. The third-order valence-corrected chi connectivity index (χ3v) is 4.52. The molecule has 0 radical (unpaired) electrons. The molecule has 0 bridgehead atoms. The fourth-order valence-corrected chi connectivity index (χ4v) is 2.90. The van der Waals surface area contributed by atoms with Crippen LogP contribution in [-0.4, -0.2) is 35.0 Å². The highest BCUT2D eigenvalue weighted by Gasteiger charge is 2.29. The predicted molar refractivity (Wildman–Crippen MR) is 91.2 cm³/mol. The molecule has 22 heavy (non-hydrogen) atoms. The number of carbonyl (C=O) groups is 1. The Morgan fingerprint density at radius 3 is 2.41 bits per heavy atom. The molecule has 1 heterocycles. The lowest BCUT2D eigenvalue weighted by atomic mass is 9.87. The smallest absolute Gasteiger partial charge is 0.239 e. The normalized spacial score (nSPS) is 18.5. The molecule has 1 amide bonds. The van der Waals surface area contributed by atoms with E-state index in [2.05, 4.69) is 0 Å². The van der Waals surface area contributed by atoms with Gasteiger partial charge in [0.2, 0.25) is 5.91 Å². The first-order valence-corrected chi connectivity index (χ1v) is 7.88. The van der Waals surface area contributed by atoms with E-state index in [0.717, 1.165) is 18.4 Å².